The maximum Gasteiger partial charge on any atom is 0.276 e. The highest BCUT2D eigenvalue weighted by molar-refractivity contribution is 5.81. The number of nitrogens with zero attached hydrogens (tertiary/aromatic N) is 2. The average molecular weight is 283 g/mol. The summed E-state index contributed by atoms with van der Waals surface area (Å²) >= 11 is 0. The Labute approximate surface area is 122 Å². The lowest BCUT2D eigenvalue weighted by molar-refractivity contribution is -0.133. The lowest BCUT2D eigenvalue weighted by Gasteiger charge is -2.26. The van der Waals surface area contributed by atoms with Crippen LogP contribution < -0.4 is 5.56 Å². The molecule has 1 aromatic heterocycles. The molecular weight excluding hydrogens is 266 g/mol. The molecule has 5 heteroatoms. The van der Waals surface area contributed by atoms with Crippen molar-refractivity contribution in [1.82, 2.24) is 14.7 Å². The molecule has 0 atom stereocenters. The Morgan fingerprint density at radius 3 is 2.67 bits per heavy atom. The number of fused-ring (bicyclic) bond motifs is 1. The summed E-state index contributed by atoms with van der Waals surface area (Å²) in [5, 5.41) is 3.19. The highest BCUT2D eigenvalue weighted by Gasteiger charge is 2.35. The van der Waals surface area contributed by atoms with Gasteiger partial charge in [0, 0.05) is 24.6 Å². The highest BCUT2D eigenvalue weighted by atomic mass is 16.2. The molecule has 1 saturated carbocycles. The van der Waals surface area contributed by atoms with Gasteiger partial charge in [-0.1, -0.05) is 18.2 Å². The quantitative estimate of drug-likeness (QED) is 0.907. The highest BCUT2D eigenvalue weighted by Crippen LogP contribution is 2.32. The maximum absolute atomic E-state index is 12.6. The van der Waals surface area contributed by atoms with E-state index in [1.165, 1.54) is 0 Å². The largest absolute Gasteiger partial charge is 0.337 e. The number of aromatic nitrogens is 2. The van der Waals surface area contributed by atoms with Gasteiger partial charge in [-0.2, -0.15) is 0 Å². The van der Waals surface area contributed by atoms with Gasteiger partial charge in [-0.3, -0.25) is 14.7 Å². The van der Waals surface area contributed by atoms with Crippen LogP contribution in [0.25, 0.3) is 5.69 Å². The van der Waals surface area contributed by atoms with E-state index >= 15 is 0 Å². The van der Waals surface area contributed by atoms with Gasteiger partial charge in [-0.15, -0.1) is 0 Å². The van der Waals surface area contributed by atoms with E-state index in [0.29, 0.717) is 13.1 Å². The maximum atomic E-state index is 12.6. The van der Waals surface area contributed by atoms with E-state index < -0.39 is 0 Å². The van der Waals surface area contributed by atoms with E-state index in [2.05, 4.69) is 5.10 Å². The fraction of sp³-hybridized carbons (Fsp3) is 0.375. The van der Waals surface area contributed by atoms with Crippen LogP contribution in [-0.2, 0) is 17.8 Å². The zero-order chi connectivity index (χ0) is 14.4. The lowest BCUT2D eigenvalue weighted by atomic mass is 10.1. The molecule has 2 aliphatic rings. The van der Waals surface area contributed by atoms with Crippen LogP contribution in [0.1, 0.15) is 24.1 Å². The number of aromatic amines is 1. The molecule has 5 nitrogen and oxygen atoms in total. The molecule has 0 saturated heterocycles. The number of rotatable bonds is 2. The lowest BCUT2D eigenvalue weighted by Crippen LogP contribution is -2.38. The molecule has 1 N–H and O–H groups in total. The first-order chi connectivity index (χ1) is 10.2. The third kappa shape index (κ3) is 2.09. The van der Waals surface area contributed by atoms with Crippen LogP contribution in [-0.4, -0.2) is 27.1 Å². The second-order valence-corrected chi connectivity index (χ2v) is 5.83. The van der Waals surface area contributed by atoms with Crippen LogP contribution in [0.15, 0.2) is 35.1 Å². The summed E-state index contributed by atoms with van der Waals surface area (Å²) < 4.78 is 1.58. The van der Waals surface area contributed by atoms with Crippen molar-refractivity contribution < 1.29 is 4.79 Å². The third-order valence-electron chi connectivity index (χ3n) is 4.31. The predicted octanol–water partition coefficient (Wildman–Crippen LogP) is 1.46. The first-order valence-electron chi connectivity index (χ1n) is 7.41. The van der Waals surface area contributed by atoms with Crippen molar-refractivity contribution in [3.05, 3.63) is 51.9 Å². The number of nitrogens with one attached hydrogen (secondary N) is 1. The minimum atomic E-state index is -0.0375. The molecule has 1 amide bonds. The number of amides is 1. The normalized spacial score (nSPS) is 17.6. The molecule has 0 radical (unpaired) electrons. The fourth-order valence-electron chi connectivity index (χ4n) is 2.94. The van der Waals surface area contributed by atoms with Gasteiger partial charge in [-0.05, 0) is 25.0 Å². The van der Waals surface area contributed by atoms with Crippen molar-refractivity contribution in [2.24, 2.45) is 5.92 Å². The first kappa shape index (κ1) is 12.4. The molecular formula is C16H17N3O2. The number of carbonyl (C=O) groups is 1. The zero-order valence-corrected chi connectivity index (χ0v) is 11.7. The minimum absolute atomic E-state index is 0.0375. The summed E-state index contributed by atoms with van der Waals surface area (Å²) in [5.41, 5.74) is 2.49. The van der Waals surface area contributed by atoms with E-state index in [1.807, 2.05) is 35.2 Å². The van der Waals surface area contributed by atoms with Gasteiger partial charge in [-0.25, -0.2) is 4.68 Å². The van der Waals surface area contributed by atoms with Crippen molar-refractivity contribution in [3.63, 3.8) is 0 Å². The SMILES string of the molecule is O=C(C1CC1)N1CCc2[nH]n(-c3ccccc3)c(=O)c2C1. The molecule has 0 spiro atoms. The van der Waals surface area contributed by atoms with Crippen LogP contribution in [0.2, 0.25) is 0 Å². The van der Waals surface area contributed by atoms with E-state index in [1.54, 1.807) is 4.68 Å². The summed E-state index contributed by atoms with van der Waals surface area (Å²) in [6.07, 6.45) is 2.73. The topological polar surface area (TPSA) is 58.1 Å². The number of H-pyrrole nitrogens is 1. The standard InChI is InChI=1S/C16H17N3O2/c20-15(11-6-7-11)18-9-8-14-13(10-18)16(21)19(17-14)12-4-2-1-3-5-12/h1-5,11,17H,6-10H2. The van der Waals surface area contributed by atoms with Gasteiger partial charge in [0.1, 0.15) is 0 Å². The number of para-hydroxylation sites is 1. The van der Waals surface area contributed by atoms with Gasteiger partial charge in [0.25, 0.3) is 5.56 Å². The van der Waals surface area contributed by atoms with E-state index in [-0.39, 0.29) is 17.4 Å². The van der Waals surface area contributed by atoms with Crippen molar-refractivity contribution in [2.45, 2.75) is 25.8 Å². The Morgan fingerprint density at radius 2 is 1.95 bits per heavy atom. The van der Waals surface area contributed by atoms with Crippen LogP contribution >= 0.6 is 0 Å². The molecule has 1 aliphatic carbocycles. The molecule has 108 valence electrons. The van der Waals surface area contributed by atoms with Gasteiger partial charge in [0.15, 0.2) is 0 Å². The van der Waals surface area contributed by atoms with Crippen molar-refractivity contribution in [1.29, 1.82) is 0 Å². The molecule has 1 aromatic carbocycles. The second-order valence-electron chi connectivity index (χ2n) is 5.83. The number of hydrogen-bond acceptors (Lipinski definition) is 2. The summed E-state index contributed by atoms with van der Waals surface area (Å²) in [6, 6.07) is 9.54. The molecule has 1 aliphatic heterocycles. The van der Waals surface area contributed by atoms with Crippen molar-refractivity contribution in [2.75, 3.05) is 6.54 Å². The Bertz CT molecular complexity index is 741. The van der Waals surface area contributed by atoms with Crippen LogP contribution in [0.4, 0.5) is 0 Å². The summed E-state index contributed by atoms with van der Waals surface area (Å²) in [4.78, 5) is 26.6. The van der Waals surface area contributed by atoms with Crippen LogP contribution in [0.5, 0.6) is 0 Å². The molecule has 4 rings (SSSR count). The average Bonchev–Trinajstić information content (AvgIpc) is 3.32. The molecule has 1 fully saturated rings. The van der Waals surface area contributed by atoms with Crippen LogP contribution in [0, 0.1) is 5.92 Å². The zero-order valence-electron chi connectivity index (χ0n) is 11.7. The van der Waals surface area contributed by atoms with Crippen molar-refractivity contribution >= 4 is 5.91 Å². The van der Waals surface area contributed by atoms with E-state index in [9.17, 15) is 9.59 Å². The summed E-state index contributed by atoms with van der Waals surface area (Å²) in [6.45, 7) is 1.15. The van der Waals surface area contributed by atoms with Crippen LogP contribution in [0.3, 0.4) is 0 Å². The molecule has 2 heterocycles. The Hall–Kier alpha value is -2.30. The number of hydrogen-bond donors (Lipinski definition) is 1. The van der Waals surface area contributed by atoms with E-state index in [4.69, 9.17) is 0 Å². The monoisotopic (exact) mass is 283 g/mol. The number of benzene rings is 1. The van der Waals surface area contributed by atoms with Crippen molar-refractivity contribution in [3.8, 4) is 5.69 Å². The molecule has 21 heavy (non-hydrogen) atoms. The third-order valence-corrected chi connectivity index (χ3v) is 4.31. The smallest absolute Gasteiger partial charge is 0.276 e. The van der Waals surface area contributed by atoms with Gasteiger partial charge in [0.2, 0.25) is 5.91 Å². The molecule has 2 aromatic rings. The Balaban J connectivity index is 1.68. The molecule has 0 unspecified atom stereocenters. The van der Waals surface area contributed by atoms with E-state index in [0.717, 1.165) is 36.2 Å². The molecule has 0 bridgehead atoms. The second kappa shape index (κ2) is 4.62. The Kier molecular flexibility index (Phi) is 2.74. The summed E-state index contributed by atoms with van der Waals surface area (Å²) in [7, 11) is 0. The first-order valence-corrected chi connectivity index (χ1v) is 7.41. The predicted molar refractivity (Wildman–Crippen MR) is 78.2 cm³/mol. The van der Waals surface area contributed by atoms with Gasteiger partial charge >= 0.3 is 0 Å². The number of carbonyl (C=O) groups excluding carboxylic acids is 1. The summed E-state index contributed by atoms with van der Waals surface area (Å²) in [5.74, 6) is 0.425. The Morgan fingerprint density at radius 1 is 1.19 bits per heavy atom. The minimum Gasteiger partial charge on any atom is -0.337 e. The van der Waals surface area contributed by atoms with Gasteiger partial charge in [0.05, 0.1) is 17.8 Å². The van der Waals surface area contributed by atoms with Gasteiger partial charge < -0.3 is 4.90 Å². The fourth-order valence-corrected chi connectivity index (χ4v) is 2.94.